The maximum absolute atomic E-state index is 10.8. The van der Waals surface area contributed by atoms with E-state index in [0.29, 0.717) is 0 Å². The number of halogens is 3. The van der Waals surface area contributed by atoms with Crippen molar-refractivity contribution in [1.82, 2.24) is 0 Å². The normalized spacial score (nSPS) is 10.1. The Morgan fingerprint density at radius 1 is 1.31 bits per heavy atom. The molecule has 3 nitrogen and oxygen atoms in total. The number of hydrogen-bond donors (Lipinski definition) is 2. The van der Waals surface area contributed by atoms with Gasteiger partial charge in [-0.05, 0) is 6.07 Å². The number of phenolic OH excluding ortho intramolecular Hbond substituents is 1. The Kier molecular flexibility index (Phi) is 2.91. The fourth-order valence-electron chi connectivity index (χ4n) is 0.806. The van der Waals surface area contributed by atoms with Gasteiger partial charge >= 0.3 is 0 Å². The second-order valence-electron chi connectivity index (χ2n) is 2.24. The van der Waals surface area contributed by atoms with E-state index >= 15 is 0 Å². The predicted molar refractivity (Wildman–Crippen MR) is 51.7 cm³/mol. The van der Waals surface area contributed by atoms with Gasteiger partial charge in [-0.3, -0.25) is 4.79 Å². The number of carbonyl (C=O) groups excluding carboxylic acids is 1. The Morgan fingerprint density at radius 2 is 1.85 bits per heavy atom. The average molecular weight is 240 g/mol. The minimum Gasteiger partial charge on any atom is -0.505 e. The highest BCUT2D eigenvalue weighted by Crippen LogP contribution is 2.38. The molecular weight excluding hydrogens is 236 g/mol. The molecule has 0 unspecified atom stereocenters. The molecule has 0 aliphatic heterocycles. The number of hydrogen-bond acceptors (Lipinski definition) is 2. The zero-order valence-corrected chi connectivity index (χ0v) is 8.41. The molecule has 0 bridgehead atoms. The van der Waals surface area contributed by atoms with Crippen LogP contribution in [0.15, 0.2) is 6.07 Å². The van der Waals surface area contributed by atoms with Gasteiger partial charge in [-0.1, -0.05) is 34.8 Å². The summed E-state index contributed by atoms with van der Waals surface area (Å²) in [5, 5.41) is 8.99. The van der Waals surface area contributed by atoms with Crippen LogP contribution in [0.1, 0.15) is 10.4 Å². The standard InChI is InChI=1S/C7H4Cl3NO2/c8-2-1-3(9)6(12)5(10)4(2)7(11)13/h1,12H,(H2,11,13). The van der Waals surface area contributed by atoms with Gasteiger partial charge in [0.25, 0.3) is 5.91 Å². The predicted octanol–water partition coefficient (Wildman–Crippen LogP) is 2.45. The summed E-state index contributed by atoms with van der Waals surface area (Å²) in [4.78, 5) is 10.8. The van der Waals surface area contributed by atoms with E-state index in [9.17, 15) is 9.90 Å². The van der Waals surface area contributed by atoms with E-state index in [1.165, 1.54) is 6.07 Å². The summed E-state index contributed by atoms with van der Waals surface area (Å²) in [6, 6.07) is 1.20. The van der Waals surface area contributed by atoms with Crippen LogP contribution in [-0.2, 0) is 0 Å². The molecule has 13 heavy (non-hydrogen) atoms. The van der Waals surface area contributed by atoms with Crippen LogP contribution in [0.3, 0.4) is 0 Å². The maximum Gasteiger partial charge on any atom is 0.251 e. The first kappa shape index (κ1) is 10.4. The van der Waals surface area contributed by atoms with Crippen molar-refractivity contribution in [3.05, 3.63) is 26.7 Å². The number of primary amides is 1. The van der Waals surface area contributed by atoms with Gasteiger partial charge in [0.15, 0.2) is 5.75 Å². The molecule has 0 heterocycles. The third-order valence-electron chi connectivity index (χ3n) is 1.39. The first-order valence-electron chi connectivity index (χ1n) is 3.11. The molecule has 6 heteroatoms. The van der Waals surface area contributed by atoms with Crippen LogP contribution in [0.25, 0.3) is 0 Å². The molecule has 0 aliphatic rings. The molecule has 1 aromatic carbocycles. The molecule has 1 aromatic rings. The Balaban J connectivity index is 3.53. The van der Waals surface area contributed by atoms with Crippen molar-refractivity contribution < 1.29 is 9.90 Å². The van der Waals surface area contributed by atoms with E-state index in [2.05, 4.69) is 0 Å². The van der Waals surface area contributed by atoms with Crippen molar-refractivity contribution in [2.75, 3.05) is 0 Å². The molecule has 0 fully saturated rings. The van der Waals surface area contributed by atoms with E-state index in [1.54, 1.807) is 0 Å². The van der Waals surface area contributed by atoms with Crippen molar-refractivity contribution in [1.29, 1.82) is 0 Å². The Morgan fingerprint density at radius 3 is 2.31 bits per heavy atom. The highest BCUT2D eigenvalue weighted by molar-refractivity contribution is 6.43. The quantitative estimate of drug-likeness (QED) is 0.792. The minimum atomic E-state index is -0.818. The molecule has 0 saturated heterocycles. The van der Waals surface area contributed by atoms with Gasteiger partial charge in [0.2, 0.25) is 0 Å². The van der Waals surface area contributed by atoms with Gasteiger partial charge in [0.1, 0.15) is 0 Å². The fourth-order valence-corrected chi connectivity index (χ4v) is 1.76. The third kappa shape index (κ3) is 1.82. The van der Waals surface area contributed by atoms with Gasteiger partial charge < -0.3 is 10.8 Å². The van der Waals surface area contributed by atoms with Crippen molar-refractivity contribution in [2.45, 2.75) is 0 Å². The smallest absolute Gasteiger partial charge is 0.251 e. The topological polar surface area (TPSA) is 63.3 Å². The summed E-state index contributed by atoms with van der Waals surface area (Å²) in [6.07, 6.45) is 0. The molecule has 3 N–H and O–H groups in total. The summed E-state index contributed by atoms with van der Waals surface area (Å²) in [5.41, 5.74) is 4.84. The van der Waals surface area contributed by atoms with Crippen LogP contribution < -0.4 is 5.73 Å². The van der Waals surface area contributed by atoms with Crippen LogP contribution in [0.5, 0.6) is 5.75 Å². The zero-order chi connectivity index (χ0) is 10.2. The Bertz CT molecular complexity index is 378. The molecule has 0 atom stereocenters. The second kappa shape index (κ2) is 3.62. The lowest BCUT2D eigenvalue weighted by Crippen LogP contribution is -2.12. The van der Waals surface area contributed by atoms with Gasteiger partial charge in [-0.25, -0.2) is 0 Å². The lowest BCUT2D eigenvalue weighted by atomic mass is 10.2. The number of nitrogens with two attached hydrogens (primary N) is 1. The largest absolute Gasteiger partial charge is 0.505 e. The zero-order valence-electron chi connectivity index (χ0n) is 6.14. The molecule has 1 amide bonds. The van der Waals surface area contributed by atoms with E-state index < -0.39 is 11.7 Å². The number of aromatic hydroxyl groups is 1. The van der Waals surface area contributed by atoms with Crippen molar-refractivity contribution in [3.63, 3.8) is 0 Å². The Hall–Kier alpha value is -0.640. The maximum atomic E-state index is 10.8. The first-order chi connectivity index (χ1) is 5.95. The molecule has 70 valence electrons. The summed E-state index contributed by atoms with van der Waals surface area (Å²) in [6.45, 7) is 0. The lowest BCUT2D eigenvalue weighted by molar-refractivity contribution is 0.1000. The minimum absolute atomic E-state index is 0.0142. The highest BCUT2D eigenvalue weighted by atomic mass is 35.5. The number of rotatable bonds is 1. The molecule has 0 saturated carbocycles. The molecule has 0 aromatic heterocycles. The monoisotopic (exact) mass is 239 g/mol. The molecular formula is C7H4Cl3NO2. The fraction of sp³-hybridized carbons (Fsp3) is 0. The van der Waals surface area contributed by atoms with Crippen molar-refractivity contribution in [3.8, 4) is 5.75 Å². The number of phenols is 1. The summed E-state index contributed by atoms with van der Waals surface area (Å²) in [5.74, 6) is -1.22. The van der Waals surface area contributed by atoms with Crippen LogP contribution >= 0.6 is 34.8 Å². The SMILES string of the molecule is NC(=O)c1c(Cl)cc(Cl)c(O)c1Cl. The molecule has 0 aliphatic carbocycles. The Labute approximate surface area is 89.0 Å². The summed E-state index contributed by atoms with van der Waals surface area (Å²) in [7, 11) is 0. The summed E-state index contributed by atoms with van der Waals surface area (Å²) < 4.78 is 0. The van der Waals surface area contributed by atoms with Crippen LogP contribution in [0.4, 0.5) is 0 Å². The van der Waals surface area contributed by atoms with Crippen LogP contribution in [0, 0.1) is 0 Å². The van der Waals surface area contributed by atoms with Crippen LogP contribution in [-0.4, -0.2) is 11.0 Å². The van der Waals surface area contributed by atoms with Crippen molar-refractivity contribution >= 4 is 40.7 Å². The number of carbonyl (C=O) groups is 1. The van der Waals surface area contributed by atoms with Gasteiger partial charge in [0, 0.05) is 0 Å². The summed E-state index contributed by atoms with van der Waals surface area (Å²) >= 11 is 16.7. The average Bonchev–Trinajstić information content (AvgIpc) is 1.99. The van der Waals surface area contributed by atoms with Gasteiger partial charge in [-0.15, -0.1) is 0 Å². The van der Waals surface area contributed by atoms with Crippen molar-refractivity contribution in [2.24, 2.45) is 5.73 Å². The lowest BCUT2D eigenvalue weighted by Gasteiger charge is -2.06. The van der Waals surface area contributed by atoms with E-state index in [4.69, 9.17) is 40.5 Å². The van der Waals surface area contributed by atoms with E-state index in [0.717, 1.165) is 0 Å². The van der Waals surface area contributed by atoms with Gasteiger partial charge in [0.05, 0.1) is 20.6 Å². The second-order valence-corrected chi connectivity index (χ2v) is 3.43. The molecule has 1 rings (SSSR count). The van der Waals surface area contributed by atoms with Crippen LogP contribution in [0.2, 0.25) is 15.1 Å². The molecule has 0 radical (unpaired) electrons. The number of amides is 1. The van der Waals surface area contributed by atoms with E-state index in [1.807, 2.05) is 0 Å². The third-order valence-corrected chi connectivity index (χ3v) is 2.35. The van der Waals surface area contributed by atoms with Gasteiger partial charge in [-0.2, -0.15) is 0 Å². The molecule has 0 spiro atoms. The highest BCUT2D eigenvalue weighted by Gasteiger charge is 2.17. The number of benzene rings is 1. The first-order valence-corrected chi connectivity index (χ1v) is 4.24. The van der Waals surface area contributed by atoms with E-state index in [-0.39, 0.29) is 20.6 Å².